The second-order valence-corrected chi connectivity index (χ2v) is 9.97. The molecule has 10 heteroatoms. The standard InChI is InChI=1S/C32H23NO9/c34-18-5-1-15(2-6-18)9-10-33-30-28(17-4-8-22(36)24(38)12-17)31(41)20-14-26(40)25(39)13-19(20)29(30)27(32(33)42)16-3-7-21(35)23(37)11-16/h1-8,11-14,34-38,41-42H,9-10H2. The summed E-state index contributed by atoms with van der Waals surface area (Å²) in [6.45, 7) is 0.128. The van der Waals surface area contributed by atoms with Crippen LogP contribution < -0.4 is 10.4 Å². The zero-order valence-electron chi connectivity index (χ0n) is 21.7. The first-order valence-corrected chi connectivity index (χ1v) is 12.8. The fourth-order valence-corrected chi connectivity index (χ4v) is 5.36. The molecule has 0 saturated heterocycles. The van der Waals surface area contributed by atoms with Crippen molar-refractivity contribution in [2.24, 2.45) is 0 Å². The van der Waals surface area contributed by atoms with E-state index in [-0.39, 0.29) is 61.8 Å². The molecule has 0 aliphatic heterocycles. The van der Waals surface area contributed by atoms with E-state index in [4.69, 9.17) is 0 Å². The summed E-state index contributed by atoms with van der Waals surface area (Å²) >= 11 is 0. The van der Waals surface area contributed by atoms with Gasteiger partial charge in [-0.05, 0) is 70.8 Å². The summed E-state index contributed by atoms with van der Waals surface area (Å²) in [6, 6.07) is 14.3. The molecule has 0 amide bonds. The first-order valence-electron chi connectivity index (χ1n) is 12.8. The Kier molecular flexibility index (Phi) is 6.04. The number of ketones is 2. The molecular weight excluding hydrogens is 542 g/mol. The number of benzene rings is 4. The molecule has 210 valence electrons. The normalized spacial score (nSPS) is 12.7. The van der Waals surface area contributed by atoms with E-state index in [0.717, 1.165) is 17.7 Å². The third-order valence-corrected chi connectivity index (χ3v) is 7.41. The summed E-state index contributed by atoms with van der Waals surface area (Å²) < 4.78 is 1.50. The molecule has 6 rings (SSSR count). The van der Waals surface area contributed by atoms with Gasteiger partial charge in [-0.1, -0.05) is 24.3 Å². The molecular formula is C32H23NO9. The number of rotatable bonds is 5. The molecule has 1 aliphatic carbocycles. The van der Waals surface area contributed by atoms with Crippen molar-refractivity contribution in [2.75, 3.05) is 0 Å². The van der Waals surface area contributed by atoms with Crippen molar-refractivity contribution in [2.45, 2.75) is 13.0 Å². The Morgan fingerprint density at radius 2 is 1.14 bits per heavy atom. The predicted molar refractivity (Wildman–Crippen MR) is 153 cm³/mol. The molecule has 42 heavy (non-hydrogen) atoms. The second kappa shape index (κ2) is 9.63. The zero-order chi connectivity index (χ0) is 29.9. The summed E-state index contributed by atoms with van der Waals surface area (Å²) in [6.07, 6.45) is 2.42. The van der Waals surface area contributed by atoms with Gasteiger partial charge in [-0.3, -0.25) is 9.59 Å². The topological polar surface area (TPSA) is 181 Å². The van der Waals surface area contributed by atoms with Crippen LogP contribution in [0.25, 0.3) is 45.3 Å². The maximum absolute atomic E-state index is 12.6. The maximum atomic E-state index is 12.6. The Balaban J connectivity index is 1.78. The number of carbonyl (C=O) groups is 2. The van der Waals surface area contributed by atoms with Crippen LogP contribution in [0.2, 0.25) is 0 Å². The van der Waals surface area contributed by atoms with Crippen LogP contribution in [0.5, 0.6) is 40.4 Å². The average molecular weight is 566 g/mol. The number of phenolic OH excluding ortho intramolecular Hbond substituents is 6. The first-order chi connectivity index (χ1) is 20.0. The van der Waals surface area contributed by atoms with E-state index >= 15 is 0 Å². The fourth-order valence-electron chi connectivity index (χ4n) is 5.36. The first kappa shape index (κ1) is 26.3. The quantitative estimate of drug-likeness (QED) is 0.125. The number of aromatic hydroxyl groups is 7. The monoisotopic (exact) mass is 565 g/mol. The molecule has 5 aromatic rings. The lowest BCUT2D eigenvalue weighted by atomic mass is 9.92. The van der Waals surface area contributed by atoms with E-state index in [1.165, 1.54) is 53.1 Å². The third kappa shape index (κ3) is 4.13. The third-order valence-electron chi connectivity index (χ3n) is 7.41. The van der Waals surface area contributed by atoms with E-state index in [1.54, 1.807) is 12.1 Å². The van der Waals surface area contributed by atoms with Gasteiger partial charge in [-0.2, -0.15) is 0 Å². The SMILES string of the molecule is O=C1C=c2c(O)c(-c3ccc(O)c(O)c3)c3c(c(-c4ccc(O)c(O)c4)c(O)n3CCc3ccc(O)cc3)c2=CC1=O. The lowest BCUT2D eigenvalue weighted by Crippen LogP contribution is -2.34. The summed E-state index contributed by atoms with van der Waals surface area (Å²) in [4.78, 5) is 25.0. The highest BCUT2D eigenvalue weighted by molar-refractivity contribution is 6.58. The molecule has 0 spiro atoms. The minimum Gasteiger partial charge on any atom is -0.508 e. The van der Waals surface area contributed by atoms with Crippen molar-refractivity contribution in [3.8, 4) is 62.6 Å². The van der Waals surface area contributed by atoms with Gasteiger partial charge >= 0.3 is 0 Å². The van der Waals surface area contributed by atoms with Gasteiger partial charge in [0.1, 0.15) is 11.5 Å². The molecule has 7 N–H and O–H groups in total. The van der Waals surface area contributed by atoms with Gasteiger partial charge in [-0.25, -0.2) is 0 Å². The van der Waals surface area contributed by atoms with Crippen molar-refractivity contribution in [1.29, 1.82) is 0 Å². The largest absolute Gasteiger partial charge is 0.508 e. The van der Waals surface area contributed by atoms with Crippen LogP contribution in [-0.4, -0.2) is 51.9 Å². The Bertz CT molecular complexity index is 2090. The maximum Gasteiger partial charge on any atom is 0.226 e. The van der Waals surface area contributed by atoms with Crippen molar-refractivity contribution in [1.82, 2.24) is 4.57 Å². The second-order valence-electron chi connectivity index (χ2n) is 9.97. The van der Waals surface area contributed by atoms with Gasteiger partial charge in [0.2, 0.25) is 11.6 Å². The lowest BCUT2D eigenvalue weighted by Gasteiger charge is -2.15. The van der Waals surface area contributed by atoms with Crippen LogP contribution in [0.15, 0.2) is 60.7 Å². The van der Waals surface area contributed by atoms with Gasteiger partial charge < -0.3 is 40.3 Å². The average Bonchev–Trinajstić information content (AvgIpc) is 3.24. The Morgan fingerprint density at radius 1 is 0.595 bits per heavy atom. The van der Waals surface area contributed by atoms with E-state index < -0.39 is 40.3 Å². The molecule has 1 aliphatic rings. The fraction of sp³-hybridized carbons (Fsp3) is 0.0625. The van der Waals surface area contributed by atoms with Gasteiger partial charge in [0.15, 0.2) is 28.9 Å². The molecule has 0 saturated carbocycles. The highest BCUT2D eigenvalue weighted by Crippen LogP contribution is 2.46. The summed E-state index contributed by atoms with van der Waals surface area (Å²) in [5, 5.41) is 73.9. The molecule has 4 aromatic carbocycles. The van der Waals surface area contributed by atoms with Crippen molar-refractivity contribution in [3.05, 3.63) is 76.7 Å². The van der Waals surface area contributed by atoms with E-state index in [0.29, 0.717) is 6.42 Å². The zero-order valence-corrected chi connectivity index (χ0v) is 21.7. The Labute approximate surface area is 236 Å². The van der Waals surface area contributed by atoms with Gasteiger partial charge in [0.05, 0.1) is 11.1 Å². The van der Waals surface area contributed by atoms with E-state index in [9.17, 15) is 45.3 Å². The molecule has 1 heterocycles. The molecule has 0 atom stereocenters. The molecule has 1 aromatic heterocycles. The number of phenols is 6. The number of carbonyl (C=O) groups excluding carboxylic acids is 2. The Morgan fingerprint density at radius 3 is 1.71 bits per heavy atom. The summed E-state index contributed by atoms with van der Waals surface area (Å²) in [5.41, 5.74) is 1.80. The van der Waals surface area contributed by atoms with E-state index in [2.05, 4.69) is 0 Å². The molecule has 0 unspecified atom stereocenters. The minimum atomic E-state index is -0.864. The number of hydrogen-bond acceptors (Lipinski definition) is 9. The number of nitrogens with zero attached hydrogens (tertiary/aromatic N) is 1. The molecule has 0 fully saturated rings. The van der Waals surface area contributed by atoms with Crippen LogP contribution in [0.1, 0.15) is 5.56 Å². The highest BCUT2D eigenvalue weighted by atomic mass is 16.3. The smallest absolute Gasteiger partial charge is 0.226 e. The van der Waals surface area contributed by atoms with Crippen LogP contribution in [0, 0.1) is 0 Å². The van der Waals surface area contributed by atoms with Crippen molar-refractivity contribution >= 4 is 34.6 Å². The number of aryl methyl sites for hydroxylation is 2. The lowest BCUT2D eigenvalue weighted by molar-refractivity contribution is -0.129. The number of Topliss-reactive ketones (excluding diaryl/α,β-unsaturated/α-hetero) is 2. The molecule has 0 radical (unpaired) electrons. The highest BCUT2D eigenvalue weighted by Gasteiger charge is 2.28. The summed E-state index contributed by atoms with van der Waals surface area (Å²) in [7, 11) is 0. The van der Waals surface area contributed by atoms with Crippen LogP contribution in [0.4, 0.5) is 0 Å². The van der Waals surface area contributed by atoms with E-state index in [1.807, 2.05) is 0 Å². The van der Waals surface area contributed by atoms with Gasteiger partial charge in [0.25, 0.3) is 0 Å². The van der Waals surface area contributed by atoms with Crippen molar-refractivity contribution in [3.63, 3.8) is 0 Å². The van der Waals surface area contributed by atoms with Crippen LogP contribution in [0.3, 0.4) is 0 Å². The molecule has 0 bridgehead atoms. The molecule has 10 nitrogen and oxygen atoms in total. The Hall–Kier alpha value is -5.90. The number of hydrogen-bond donors (Lipinski definition) is 7. The van der Waals surface area contributed by atoms with Gasteiger partial charge in [0, 0.05) is 28.8 Å². The van der Waals surface area contributed by atoms with Crippen LogP contribution >= 0.6 is 0 Å². The number of fused-ring (bicyclic) bond motifs is 3. The summed E-state index contributed by atoms with van der Waals surface area (Å²) in [5.74, 6) is -4.06. The van der Waals surface area contributed by atoms with Gasteiger partial charge in [-0.15, -0.1) is 0 Å². The number of aromatic nitrogens is 1. The predicted octanol–water partition coefficient (Wildman–Crippen LogP) is 2.87. The van der Waals surface area contributed by atoms with Crippen LogP contribution in [-0.2, 0) is 22.6 Å². The van der Waals surface area contributed by atoms with Crippen molar-refractivity contribution < 1.29 is 45.3 Å². The minimum absolute atomic E-state index is 0.00889.